The maximum atomic E-state index is 13.6. The van der Waals surface area contributed by atoms with Crippen molar-refractivity contribution >= 4 is 16.1 Å². The van der Waals surface area contributed by atoms with Crippen LogP contribution in [0.25, 0.3) is 22.3 Å². The highest BCUT2D eigenvalue weighted by molar-refractivity contribution is 7.86. The van der Waals surface area contributed by atoms with Gasteiger partial charge in [-0.1, -0.05) is 23.8 Å². The smallest absolute Gasteiger partial charge is 0.342 e. The van der Waals surface area contributed by atoms with Crippen LogP contribution >= 0.6 is 0 Å². The second kappa shape index (κ2) is 12.0. The lowest BCUT2D eigenvalue weighted by atomic mass is 9.92. The monoisotopic (exact) mass is 544 g/mol. The minimum atomic E-state index is -3.92. The van der Waals surface area contributed by atoms with Gasteiger partial charge in [0, 0.05) is 11.1 Å². The number of hydrogen-bond donors (Lipinski definition) is 0. The topological polar surface area (TPSA) is 97.4 Å². The SMILES string of the molecule is COC(=O)c1c(OC)c(-c2ccc(F)cc2)cc(OC)c1-c1ccc(OCC=C(C)C)c(OS(C)(=O)=O)c1. The van der Waals surface area contributed by atoms with E-state index in [1.807, 2.05) is 19.9 Å². The summed E-state index contributed by atoms with van der Waals surface area (Å²) in [6.45, 7) is 4.01. The van der Waals surface area contributed by atoms with Crippen molar-refractivity contribution in [3.8, 4) is 45.3 Å². The minimum absolute atomic E-state index is 0.0252. The molecule has 10 heteroatoms. The van der Waals surface area contributed by atoms with Gasteiger partial charge in [0.2, 0.25) is 0 Å². The fourth-order valence-corrected chi connectivity index (χ4v) is 4.21. The quantitative estimate of drug-likeness (QED) is 0.184. The predicted molar refractivity (Wildman–Crippen MR) is 142 cm³/mol. The van der Waals surface area contributed by atoms with Crippen molar-refractivity contribution in [2.45, 2.75) is 13.8 Å². The van der Waals surface area contributed by atoms with E-state index in [1.54, 1.807) is 24.3 Å². The predicted octanol–water partition coefficient (Wildman–Crippen LogP) is 5.65. The number of methoxy groups -OCH3 is 3. The standard InChI is InChI=1S/C28H29FO8S/c1-17(2)13-14-36-22-12-9-19(15-23(22)37-38(6,31)32)25-24(33-3)16-21(18-7-10-20(29)11-8-18)27(34-4)26(25)28(30)35-5/h7-13,15-16H,14H2,1-6H3. The van der Waals surface area contributed by atoms with Crippen LogP contribution in [0.3, 0.4) is 0 Å². The third-order valence-electron chi connectivity index (χ3n) is 5.42. The van der Waals surface area contributed by atoms with Crippen molar-refractivity contribution in [3.63, 3.8) is 0 Å². The normalized spacial score (nSPS) is 10.9. The Hall–Kier alpha value is -4.05. The largest absolute Gasteiger partial charge is 0.496 e. The van der Waals surface area contributed by atoms with E-state index in [0.717, 1.165) is 11.8 Å². The molecule has 3 aromatic rings. The molecule has 0 atom stereocenters. The van der Waals surface area contributed by atoms with Gasteiger partial charge in [-0.15, -0.1) is 0 Å². The van der Waals surface area contributed by atoms with Crippen LogP contribution in [-0.4, -0.2) is 48.6 Å². The molecular weight excluding hydrogens is 515 g/mol. The number of benzene rings is 3. The van der Waals surface area contributed by atoms with E-state index in [-0.39, 0.29) is 40.7 Å². The summed E-state index contributed by atoms with van der Waals surface area (Å²) < 4.78 is 64.9. The van der Waals surface area contributed by atoms with Crippen LogP contribution in [-0.2, 0) is 14.9 Å². The van der Waals surface area contributed by atoms with Crippen LogP contribution in [0.4, 0.5) is 4.39 Å². The van der Waals surface area contributed by atoms with Gasteiger partial charge < -0.3 is 23.1 Å². The average Bonchev–Trinajstić information content (AvgIpc) is 2.87. The maximum absolute atomic E-state index is 13.6. The Kier molecular flexibility index (Phi) is 9.00. The molecule has 0 saturated heterocycles. The number of carbonyl (C=O) groups is 1. The third-order valence-corrected chi connectivity index (χ3v) is 5.90. The fraction of sp³-hybridized carbons (Fsp3) is 0.250. The van der Waals surface area contributed by atoms with E-state index in [9.17, 15) is 17.6 Å². The number of rotatable bonds is 10. The summed E-state index contributed by atoms with van der Waals surface area (Å²) in [5.74, 6) is -0.622. The maximum Gasteiger partial charge on any atom is 0.342 e. The van der Waals surface area contributed by atoms with Crippen LogP contribution in [0, 0.1) is 5.82 Å². The molecule has 38 heavy (non-hydrogen) atoms. The van der Waals surface area contributed by atoms with Crippen LogP contribution in [0.1, 0.15) is 24.2 Å². The van der Waals surface area contributed by atoms with Crippen molar-refractivity contribution in [2.75, 3.05) is 34.2 Å². The summed E-state index contributed by atoms with van der Waals surface area (Å²) in [4.78, 5) is 13.1. The van der Waals surface area contributed by atoms with Gasteiger partial charge in [-0.05, 0) is 61.4 Å². The zero-order valence-corrected chi connectivity index (χ0v) is 22.8. The van der Waals surface area contributed by atoms with Crippen LogP contribution < -0.4 is 18.4 Å². The first kappa shape index (κ1) is 28.5. The molecule has 0 unspecified atom stereocenters. The van der Waals surface area contributed by atoms with Crippen molar-refractivity contribution in [1.82, 2.24) is 0 Å². The van der Waals surface area contributed by atoms with Gasteiger partial charge in [0.1, 0.15) is 29.5 Å². The second-order valence-corrected chi connectivity index (χ2v) is 10.0. The third kappa shape index (κ3) is 6.63. The minimum Gasteiger partial charge on any atom is -0.496 e. The zero-order valence-electron chi connectivity index (χ0n) is 22.0. The molecule has 0 spiro atoms. The highest BCUT2D eigenvalue weighted by atomic mass is 32.2. The Morgan fingerprint density at radius 1 is 0.895 bits per heavy atom. The van der Waals surface area contributed by atoms with Crippen LogP contribution in [0.5, 0.6) is 23.0 Å². The molecule has 0 radical (unpaired) electrons. The summed E-state index contributed by atoms with van der Waals surface area (Å²) >= 11 is 0. The van der Waals surface area contributed by atoms with E-state index >= 15 is 0 Å². The number of hydrogen-bond acceptors (Lipinski definition) is 8. The van der Waals surface area contributed by atoms with Crippen LogP contribution in [0.15, 0.2) is 60.2 Å². The van der Waals surface area contributed by atoms with Gasteiger partial charge >= 0.3 is 16.1 Å². The Labute approximate surface area is 221 Å². The van der Waals surface area contributed by atoms with Gasteiger partial charge in [-0.2, -0.15) is 8.42 Å². The molecule has 8 nitrogen and oxygen atoms in total. The van der Waals surface area contributed by atoms with E-state index in [1.165, 1.54) is 45.6 Å². The van der Waals surface area contributed by atoms with Crippen molar-refractivity contribution in [1.29, 1.82) is 0 Å². The molecule has 3 rings (SSSR count). The molecule has 0 bridgehead atoms. The Morgan fingerprint density at radius 3 is 2.11 bits per heavy atom. The molecule has 0 aliphatic heterocycles. The first-order chi connectivity index (χ1) is 18.0. The lowest BCUT2D eigenvalue weighted by Gasteiger charge is -2.21. The van der Waals surface area contributed by atoms with E-state index in [4.69, 9.17) is 23.1 Å². The number of halogens is 1. The molecule has 0 N–H and O–H groups in total. The summed E-state index contributed by atoms with van der Waals surface area (Å²) in [5.41, 5.74) is 2.73. The first-order valence-corrected chi connectivity index (χ1v) is 13.2. The molecule has 0 aromatic heterocycles. The summed E-state index contributed by atoms with van der Waals surface area (Å²) in [5, 5.41) is 0. The van der Waals surface area contributed by atoms with Gasteiger partial charge in [-0.25, -0.2) is 9.18 Å². The number of ether oxygens (including phenoxy) is 4. The Morgan fingerprint density at radius 2 is 1.55 bits per heavy atom. The summed E-state index contributed by atoms with van der Waals surface area (Å²) in [6, 6.07) is 11.9. The number of carbonyl (C=O) groups excluding carboxylic acids is 1. The zero-order chi connectivity index (χ0) is 28.0. The van der Waals surface area contributed by atoms with Gasteiger partial charge in [0.05, 0.1) is 27.6 Å². The summed E-state index contributed by atoms with van der Waals surface area (Å²) in [6.07, 6.45) is 2.75. The second-order valence-electron chi connectivity index (χ2n) is 8.45. The molecular formula is C28H29FO8S. The first-order valence-electron chi connectivity index (χ1n) is 11.4. The average molecular weight is 545 g/mol. The Bertz CT molecular complexity index is 1460. The van der Waals surface area contributed by atoms with E-state index in [2.05, 4.69) is 0 Å². The van der Waals surface area contributed by atoms with E-state index in [0.29, 0.717) is 16.7 Å². The highest BCUT2D eigenvalue weighted by Crippen LogP contribution is 2.47. The van der Waals surface area contributed by atoms with Crippen molar-refractivity contribution < 1.29 is 40.7 Å². The fourth-order valence-electron chi connectivity index (χ4n) is 3.75. The molecule has 0 fully saturated rings. The molecule has 0 saturated carbocycles. The molecule has 0 aliphatic rings. The number of esters is 1. The molecule has 0 aliphatic carbocycles. The molecule has 0 heterocycles. The van der Waals surface area contributed by atoms with Gasteiger partial charge in [0.25, 0.3) is 0 Å². The molecule has 3 aromatic carbocycles. The summed E-state index contributed by atoms with van der Waals surface area (Å²) in [7, 11) is 0.118. The van der Waals surface area contributed by atoms with Crippen molar-refractivity contribution in [2.24, 2.45) is 0 Å². The van der Waals surface area contributed by atoms with Crippen LogP contribution in [0.2, 0.25) is 0 Å². The Balaban J connectivity index is 2.31. The number of allylic oxidation sites excluding steroid dienone is 1. The highest BCUT2D eigenvalue weighted by Gasteiger charge is 2.28. The lowest BCUT2D eigenvalue weighted by molar-refractivity contribution is 0.0597. The molecule has 202 valence electrons. The van der Waals surface area contributed by atoms with E-state index < -0.39 is 21.9 Å². The van der Waals surface area contributed by atoms with Crippen molar-refractivity contribution in [3.05, 3.63) is 71.6 Å². The van der Waals surface area contributed by atoms with Gasteiger partial charge in [-0.3, -0.25) is 0 Å². The van der Waals surface area contributed by atoms with Gasteiger partial charge in [0.15, 0.2) is 11.5 Å². The molecule has 0 amide bonds. The lowest BCUT2D eigenvalue weighted by Crippen LogP contribution is -2.10.